The van der Waals surface area contributed by atoms with Gasteiger partial charge >= 0.3 is 6.03 Å². The van der Waals surface area contributed by atoms with Crippen LogP contribution in [0.2, 0.25) is 5.02 Å². The van der Waals surface area contributed by atoms with Crippen LogP contribution in [0.25, 0.3) is 0 Å². The molecule has 1 aromatic heterocycles. The zero-order valence-corrected chi connectivity index (χ0v) is 16.7. The minimum atomic E-state index is -0.115. The molecule has 3 amide bonds. The third-order valence-corrected chi connectivity index (χ3v) is 5.90. The number of anilines is 1. The minimum Gasteiger partial charge on any atom is -0.356 e. The van der Waals surface area contributed by atoms with Gasteiger partial charge in [0.1, 0.15) is 0 Å². The van der Waals surface area contributed by atoms with Gasteiger partial charge in [-0.25, -0.2) is 4.79 Å². The summed E-state index contributed by atoms with van der Waals surface area (Å²) in [5, 5.41) is 8.52. The van der Waals surface area contributed by atoms with E-state index in [1.54, 1.807) is 34.4 Å². The van der Waals surface area contributed by atoms with Crippen LogP contribution in [0, 0.1) is 5.92 Å². The molecule has 0 radical (unpaired) electrons. The first-order valence-corrected chi connectivity index (χ1v) is 10.5. The number of halogens is 1. The quantitative estimate of drug-likeness (QED) is 0.748. The molecule has 3 rings (SSSR count). The third kappa shape index (κ3) is 6.26. The van der Waals surface area contributed by atoms with Gasteiger partial charge in [-0.3, -0.25) is 4.79 Å². The van der Waals surface area contributed by atoms with Crippen LogP contribution in [0.1, 0.15) is 24.1 Å². The van der Waals surface area contributed by atoms with Crippen molar-refractivity contribution >= 4 is 40.6 Å². The Morgan fingerprint density at radius 3 is 2.70 bits per heavy atom. The maximum Gasteiger partial charge on any atom is 0.321 e. The third-order valence-electron chi connectivity index (χ3n) is 4.73. The average molecular weight is 406 g/mol. The summed E-state index contributed by atoms with van der Waals surface area (Å²) in [6, 6.07) is 11.1. The van der Waals surface area contributed by atoms with Gasteiger partial charge in [-0.1, -0.05) is 23.7 Å². The zero-order valence-electron chi connectivity index (χ0n) is 15.1. The van der Waals surface area contributed by atoms with Crippen LogP contribution in [0.15, 0.2) is 41.8 Å². The number of likely N-dealkylation sites (tertiary alicyclic amines) is 1. The molecule has 5 nitrogen and oxygen atoms in total. The average Bonchev–Trinajstić information content (AvgIpc) is 3.16. The summed E-state index contributed by atoms with van der Waals surface area (Å²) < 4.78 is 0. The van der Waals surface area contributed by atoms with Gasteiger partial charge in [0, 0.05) is 41.6 Å². The molecule has 144 valence electrons. The predicted molar refractivity (Wildman–Crippen MR) is 110 cm³/mol. The highest BCUT2D eigenvalue weighted by Gasteiger charge is 2.24. The summed E-state index contributed by atoms with van der Waals surface area (Å²) in [7, 11) is 0. The fourth-order valence-electron chi connectivity index (χ4n) is 3.22. The maximum atomic E-state index is 12.4. The fourth-order valence-corrected chi connectivity index (χ4v) is 4.12. The van der Waals surface area contributed by atoms with Crippen LogP contribution in [0.4, 0.5) is 10.5 Å². The van der Waals surface area contributed by atoms with Crippen LogP contribution in [0.3, 0.4) is 0 Å². The first-order valence-electron chi connectivity index (χ1n) is 9.21. The Hall–Kier alpha value is -2.05. The van der Waals surface area contributed by atoms with Gasteiger partial charge in [0.2, 0.25) is 5.91 Å². The standard InChI is InChI=1S/C20H24ClN3O2S/c21-16-3-1-4-17(14-16)23-20(26)24-10-7-15(8-11-24)13-19(25)22-9-6-18-5-2-12-27-18/h1-5,12,14-15H,6-11,13H2,(H,22,25)(H,23,26). The molecule has 2 aromatic rings. The van der Waals surface area contributed by atoms with Crippen molar-refractivity contribution in [3.8, 4) is 0 Å². The Bertz CT molecular complexity index is 758. The second-order valence-electron chi connectivity index (χ2n) is 6.75. The van der Waals surface area contributed by atoms with E-state index in [9.17, 15) is 9.59 Å². The molecule has 0 atom stereocenters. The van der Waals surface area contributed by atoms with Gasteiger partial charge in [0.25, 0.3) is 0 Å². The van der Waals surface area contributed by atoms with Crippen LogP contribution >= 0.6 is 22.9 Å². The van der Waals surface area contributed by atoms with Gasteiger partial charge in [-0.05, 0) is 54.8 Å². The largest absolute Gasteiger partial charge is 0.356 e. The lowest BCUT2D eigenvalue weighted by atomic mass is 9.93. The molecular formula is C20H24ClN3O2S. The Labute approximate surface area is 168 Å². The normalized spacial score (nSPS) is 14.8. The highest BCUT2D eigenvalue weighted by molar-refractivity contribution is 7.09. The monoisotopic (exact) mass is 405 g/mol. The number of carbonyl (C=O) groups excluding carboxylic acids is 2. The van der Waals surface area contributed by atoms with E-state index in [0.717, 1.165) is 19.3 Å². The Balaban J connectivity index is 1.35. The maximum absolute atomic E-state index is 12.4. The molecule has 1 aliphatic heterocycles. The zero-order chi connectivity index (χ0) is 19.1. The molecule has 1 saturated heterocycles. The van der Waals surface area contributed by atoms with Crippen molar-refractivity contribution in [2.45, 2.75) is 25.7 Å². The van der Waals surface area contributed by atoms with Crippen LogP contribution < -0.4 is 10.6 Å². The lowest BCUT2D eigenvalue weighted by Crippen LogP contribution is -2.42. The van der Waals surface area contributed by atoms with Gasteiger partial charge in [-0.2, -0.15) is 0 Å². The Kier molecular flexibility index (Phi) is 7.12. The van der Waals surface area contributed by atoms with Crippen molar-refractivity contribution in [3.63, 3.8) is 0 Å². The number of amides is 3. The van der Waals surface area contributed by atoms with Crippen molar-refractivity contribution in [2.75, 3.05) is 25.0 Å². The lowest BCUT2D eigenvalue weighted by molar-refractivity contribution is -0.122. The number of urea groups is 1. The number of hydrogen-bond acceptors (Lipinski definition) is 3. The number of rotatable bonds is 6. The molecule has 0 saturated carbocycles. The summed E-state index contributed by atoms with van der Waals surface area (Å²) in [6.07, 6.45) is 3.11. The highest BCUT2D eigenvalue weighted by Crippen LogP contribution is 2.22. The fraction of sp³-hybridized carbons (Fsp3) is 0.400. The van der Waals surface area contributed by atoms with Crippen molar-refractivity contribution < 1.29 is 9.59 Å². The predicted octanol–water partition coefficient (Wildman–Crippen LogP) is 4.39. The first kappa shape index (κ1) is 19.7. The first-order chi connectivity index (χ1) is 13.1. The van der Waals surface area contributed by atoms with E-state index in [0.29, 0.717) is 42.7 Å². The molecule has 27 heavy (non-hydrogen) atoms. The molecule has 1 aliphatic rings. The van der Waals surface area contributed by atoms with E-state index >= 15 is 0 Å². The van der Waals surface area contributed by atoms with E-state index < -0.39 is 0 Å². The summed E-state index contributed by atoms with van der Waals surface area (Å²) in [5.74, 6) is 0.440. The van der Waals surface area contributed by atoms with E-state index in [-0.39, 0.29) is 11.9 Å². The summed E-state index contributed by atoms with van der Waals surface area (Å²) in [6.45, 7) is 2.01. The van der Waals surface area contributed by atoms with Crippen molar-refractivity contribution in [1.29, 1.82) is 0 Å². The van der Waals surface area contributed by atoms with E-state index in [1.807, 2.05) is 17.5 Å². The molecule has 0 aliphatic carbocycles. The number of carbonyl (C=O) groups is 2. The van der Waals surface area contributed by atoms with E-state index in [1.165, 1.54) is 4.88 Å². The smallest absolute Gasteiger partial charge is 0.321 e. The summed E-state index contributed by atoms with van der Waals surface area (Å²) >= 11 is 7.66. The molecule has 0 bridgehead atoms. The second-order valence-corrected chi connectivity index (χ2v) is 8.22. The van der Waals surface area contributed by atoms with Gasteiger partial charge < -0.3 is 15.5 Å². The molecule has 2 N–H and O–H groups in total. The van der Waals surface area contributed by atoms with Crippen molar-refractivity contribution in [3.05, 3.63) is 51.7 Å². The van der Waals surface area contributed by atoms with Crippen LogP contribution in [-0.4, -0.2) is 36.5 Å². The van der Waals surface area contributed by atoms with Crippen molar-refractivity contribution in [1.82, 2.24) is 10.2 Å². The van der Waals surface area contributed by atoms with Gasteiger partial charge in [0.15, 0.2) is 0 Å². The highest BCUT2D eigenvalue weighted by atomic mass is 35.5. The number of nitrogens with zero attached hydrogens (tertiary/aromatic N) is 1. The Morgan fingerprint density at radius 1 is 1.19 bits per heavy atom. The lowest BCUT2D eigenvalue weighted by Gasteiger charge is -2.31. The molecule has 1 fully saturated rings. The Morgan fingerprint density at radius 2 is 2.00 bits per heavy atom. The van der Waals surface area contributed by atoms with Crippen LogP contribution in [0.5, 0.6) is 0 Å². The number of nitrogens with one attached hydrogen (secondary N) is 2. The van der Waals surface area contributed by atoms with Crippen LogP contribution in [-0.2, 0) is 11.2 Å². The number of piperidine rings is 1. The van der Waals surface area contributed by atoms with Gasteiger partial charge in [-0.15, -0.1) is 11.3 Å². The number of thiophene rings is 1. The summed E-state index contributed by atoms with van der Waals surface area (Å²) in [4.78, 5) is 27.6. The van der Waals surface area contributed by atoms with Crippen molar-refractivity contribution in [2.24, 2.45) is 5.92 Å². The SMILES string of the molecule is O=C(CC1CCN(C(=O)Nc2cccc(Cl)c2)CC1)NCCc1cccs1. The second kappa shape index (κ2) is 9.76. The van der Waals surface area contributed by atoms with E-state index in [4.69, 9.17) is 11.6 Å². The summed E-state index contributed by atoms with van der Waals surface area (Å²) in [5.41, 5.74) is 0.694. The number of hydrogen-bond donors (Lipinski definition) is 2. The molecular weight excluding hydrogens is 382 g/mol. The number of benzene rings is 1. The molecule has 2 heterocycles. The molecule has 1 aromatic carbocycles. The minimum absolute atomic E-state index is 0.105. The molecule has 0 spiro atoms. The molecule has 0 unspecified atom stereocenters. The topological polar surface area (TPSA) is 61.4 Å². The van der Waals surface area contributed by atoms with E-state index in [2.05, 4.69) is 16.7 Å². The molecule has 7 heteroatoms. The van der Waals surface area contributed by atoms with Gasteiger partial charge in [0.05, 0.1) is 0 Å².